The van der Waals surface area contributed by atoms with Gasteiger partial charge in [0.15, 0.2) is 0 Å². The van der Waals surface area contributed by atoms with Gasteiger partial charge in [-0.25, -0.2) is 14.8 Å². The fraction of sp³-hybridized carbons (Fsp3) is 0.292. The fourth-order valence-corrected chi connectivity index (χ4v) is 3.38. The maximum Gasteiger partial charge on any atom is 0.339 e. The number of aryl methyl sites for hydroxylation is 1. The molecule has 0 aliphatic rings. The number of carboxylic acid groups (broad SMARTS) is 1. The molecule has 1 heterocycles. The average Bonchev–Trinajstić information content (AvgIpc) is 2.79. The van der Waals surface area contributed by atoms with Gasteiger partial charge in [-0.2, -0.15) is 0 Å². The van der Waals surface area contributed by atoms with Crippen molar-refractivity contribution in [2.24, 2.45) is 0 Å². The molecule has 8 heteroatoms. The molecule has 2 N–H and O–H groups in total. The molecule has 0 spiro atoms. The van der Waals surface area contributed by atoms with E-state index in [0.717, 1.165) is 18.7 Å². The predicted molar refractivity (Wildman–Crippen MR) is 127 cm³/mol. The van der Waals surface area contributed by atoms with Crippen molar-refractivity contribution in [1.29, 1.82) is 0 Å². The van der Waals surface area contributed by atoms with Gasteiger partial charge in [-0.3, -0.25) is 0 Å². The lowest BCUT2D eigenvalue weighted by Crippen LogP contribution is -2.24. The summed E-state index contributed by atoms with van der Waals surface area (Å²) in [5.41, 5.74) is 1.75. The Labute approximate surface area is 193 Å². The largest absolute Gasteiger partial charge is 0.487 e. The van der Waals surface area contributed by atoms with Gasteiger partial charge in [0.2, 0.25) is 5.95 Å². The Hall–Kier alpha value is -3.32. The minimum Gasteiger partial charge on any atom is -0.487 e. The first kappa shape index (κ1) is 23.3. The maximum atomic E-state index is 11.6. The van der Waals surface area contributed by atoms with Crippen molar-refractivity contribution >= 4 is 29.2 Å². The molecule has 168 valence electrons. The van der Waals surface area contributed by atoms with Crippen LogP contribution in [0, 0.1) is 0 Å². The highest BCUT2D eigenvalue weighted by Crippen LogP contribution is 2.24. The molecular weight excluding hydrogens is 428 g/mol. The van der Waals surface area contributed by atoms with Gasteiger partial charge >= 0.3 is 5.97 Å². The summed E-state index contributed by atoms with van der Waals surface area (Å²) in [7, 11) is 2.01. The zero-order valence-corrected chi connectivity index (χ0v) is 18.9. The van der Waals surface area contributed by atoms with Crippen LogP contribution in [-0.2, 0) is 6.42 Å². The number of aromatic nitrogens is 2. The number of benzene rings is 2. The number of anilines is 2. The number of nitrogens with one attached hydrogen (secondary N) is 1. The molecule has 0 unspecified atom stereocenters. The van der Waals surface area contributed by atoms with Crippen LogP contribution in [0.5, 0.6) is 5.75 Å². The fourth-order valence-electron chi connectivity index (χ4n) is 3.20. The van der Waals surface area contributed by atoms with Gasteiger partial charge in [0.05, 0.1) is 22.8 Å². The van der Waals surface area contributed by atoms with Gasteiger partial charge in [0.25, 0.3) is 0 Å². The summed E-state index contributed by atoms with van der Waals surface area (Å²) in [6.45, 7) is 3.12. The molecule has 0 amide bonds. The number of rotatable bonds is 11. The van der Waals surface area contributed by atoms with E-state index in [0.29, 0.717) is 35.4 Å². The van der Waals surface area contributed by atoms with Crippen LogP contribution in [0.1, 0.15) is 29.4 Å². The van der Waals surface area contributed by atoms with Gasteiger partial charge in [-0.1, -0.05) is 41.9 Å². The molecule has 0 saturated heterocycles. The molecule has 7 nitrogen and oxygen atoms in total. The van der Waals surface area contributed by atoms with Crippen molar-refractivity contribution in [1.82, 2.24) is 9.97 Å². The molecule has 2 aromatic carbocycles. The molecule has 3 aromatic rings. The maximum absolute atomic E-state index is 11.6. The molecule has 0 bridgehead atoms. The van der Waals surface area contributed by atoms with Crippen LogP contribution in [0.25, 0.3) is 0 Å². The van der Waals surface area contributed by atoms with E-state index in [2.05, 4.69) is 20.2 Å². The molecule has 32 heavy (non-hydrogen) atoms. The zero-order chi connectivity index (χ0) is 22.9. The Morgan fingerprint density at radius 2 is 1.91 bits per heavy atom. The van der Waals surface area contributed by atoms with Crippen LogP contribution < -0.4 is 15.0 Å². The normalized spacial score (nSPS) is 11.6. The van der Waals surface area contributed by atoms with Crippen LogP contribution in [-0.4, -0.2) is 47.3 Å². The lowest BCUT2D eigenvalue weighted by molar-refractivity contribution is 0.0694. The average molecular weight is 455 g/mol. The number of aromatic carboxylic acids is 1. The van der Waals surface area contributed by atoms with Crippen molar-refractivity contribution in [3.05, 3.63) is 77.1 Å². The minimum atomic E-state index is -1.03. The molecular formula is C24H27ClN4O3. The number of hydrogen-bond donors (Lipinski definition) is 2. The first-order valence-corrected chi connectivity index (χ1v) is 10.8. The molecule has 0 aliphatic carbocycles. The summed E-state index contributed by atoms with van der Waals surface area (Å²) in [4.78, 5) is 22.4. The van der Waals surface area contributed by atoms with Crippen molar-refractivity contribution in [3.63, 3.8) is 0 Å². The topological polar surface area (TPSA) is 87.6 Å². The summed E-state index contributed by atoms with van der Waals surface area (Å²) < 4.78 is 5.84. The SMILES string of the molecule is C[C@H](CNc1ncc(C(=O)O)c(CCCN(C)c2ccccc2)n1)Oc1ccccc1Cl. The quantitative estimate of drug-likeness (QED) is 0.431. The zero-order valence-electron chi connectivity index (χ0n) is 18.2. The van der Waals surface area contributed by atoms with Crippen LogP contribution >= 0.6 is 11.6 Å². The minimum absolute atomic E-state index is 0.123. The van der Waals surface area contributed by atoms with E-state index in [1.165, 1.54) is 6.20 Å². The summed E-state index contributed by atoms with van der Waals surface area (Å²) in [6.07, 6.45) is 2.45. The standard InChI is InChI=1S/C24H27ClN4O3/c1-17(32-22-13-7-6-11-20(22)25)15-26-24-27-16-19(23(30)31)21(28-24)12-8-14-29(2)18-9-4-3-5-10-18/h3-7,9-11,13,16-17H,8,12,14-15H2,1-2H3,(H,30,31)(H,26,27,28)/t17-/m1/s1. The molecule has 1 atom stereocenters. The highest BCUT2D eigenvalue weighted by molar-refractivity contribution is 6.32. The predicted octanol–water partition coefficient (Wildman–Crippen LogP) is 4.78. The van der Waals surface area contributed by atoms with E-state index in [-0.39, 0.29) is 11.7 Å². The third-order valence-electron chi connectivity index (χ3n) is 4.91. The van der Waals surface area contributed by atoms with Gasteiger partial charge in [-0.05, 0) is 44.0 Å². The number of carbonyl (C=O) groups is 1. The second kappa shape index (κ2) is 11.3. The molecule has 1 aromatic heterocycles. The van der Waals surface area contributed by atoms with E-state index in [1.54, 1.807) is 6.07 Å². The summed E-state index contributed by atoms with van der Waals surface area (Å²) in [6, 6.07) is 17.3. The summed E-state index contributed by atoms with van der Waals surface area (Å²) in [5, 5.41) is 13.2. The van der Waals surface area contributed by atoms with Crippen molar-refractivity contribution in [2.45, 2.75) is 25.9 Å². The van der Waals surface area contributed by atoms with Crippen LogP contribution in [0.2, 0.25) is 5.02 Å². The molecule has 0 fully saturated rings. The second-order valence-corrected chi connectivity index (χ2v) is 7.87. The Kier molecular flexibility index (Phi) is 8.27. The van der Waals surface area contributed by atoms with Crippen LogP contribution in [0.4, 0.5) is 11.6 Å². The van der Waals surface area contributed by atoms with E-state index in [1.807, 2.05) is 62.5 Å². The number of carboxylic acids is 1. The van der Waals surface area contributed by atoms with E-state index < -0.39 is 5.97 Å². The summed E-state index contributed by atoms with van der Waals surface area (Å²) >= 11 is 6.13. The lowest BCUT2D eigenvalue weighted by Gasteiger charge is -2.19. The van der Waals surface area contributed by atoms with E-state index in [9.17, 15) is 9.90 Å². The van der Waals surface area contributed by atoms with Crippen molar-refractivity contribution in [3.8, 4) is 5.75 Å². The number of para-hydroxylation sites is 2. The Balaban J connectivity index is 1.58. The monoisotopic (exact) mass is 454 g/mol. The van der Waals surface area contributed by atoms with Crippen molar-refractivity contribution < 1.29 is 14.6 Å². The number of hydrogen-bond acceptors (Lipinski definition) is 6. The molecule has 3 rings (SSSR count). The third-order valence-corrected chi connectivity index (χ3v) is 5.23. The molecule has 0 saturated carbocycles. The van der Waals surface area contributed by atoms with Gasteiger partial charge in [0.1, 0.15) is 11.9 Å². The number of ether oxygens (including phenoxy) is 1. The highest BCUT2D eigenvalue weighted by Gasteiger charge is 2.15. The number of halogens is 1. The smallest absolute Gasteiger partial charge is 0.339 e. The van der Waals surface area contributed by atoms with Crippen LogP contribution in [0.15, 0.2) is 60.8 Å². The third kappa shape index (κ3) is 6.59. The van der Waals surface area contributed by atoms with Gasteiger partial charge < -0.3 is 20.1 Å². The second-order valence-electron chi connectivity index (χ2n) is 7.46. The Morgan fingerprint density at radius 1 is 1.19 bits per heavy atom. The molecule has 0 aliphatic heterocycles. The molecule has 0 radical (unpaired) electrons. The van der Waals surface area contributed by atoms with Gasteiger partial charge in [-0.15, -0.1) is 0 Å². The van der Waals surface area contributed by atoms with Gasteiger partial charge in [0, 0.05) is 25.5 Å². The van der Waals surface area contributed by atoms with E-state index in [4.69, 9.17) is 16.3 Å². The first-order valence-electron chi connectivity index (χ1n) is 10.4. The van der Waals surface area contributed by atoms with Crippen molar-refractivity contribution in [2.75, 3.05) is 30.4 Å². The lowest BCUT2D eigenvalue weighted by atomic mass is 10.1. The summed E-state index contributed by atoms with van der Waals surface area (Å²) in [5.74, 6) is -0.0526. The van der Waals surface area contributed by atoms with E-state index >= 15 is 0 Å². The number of nitrogens with zero attached hydrogens (tertiary/aromatic N) is 3. The van der Waals surface area contributed by atoms with Crippen LogP contribution in [0.3, 0.4) is 0 Å². The Bertz CT molecular complexity index is 1030. The Morgan fingerprint density at radius 3 is 2.62 bits per heavy atom. The first-order chi connectivity index (χ1) is 15.4. The highest BCUT2D eigenvalue weighted by atomic mass is 35.5.